The SMILES string of the molecule is CCc1ccccc1OCC(=O)Nc1ccc(C)c(OCc2cc(=O)n3oc(C)cc3n2)c1. The van der Waals surface area contributed by atoms with Crippen LogP contribution < -0.4 is 20.3 Å². The van der Waals surface area contributed by atoms with Crippen LogP contribution in [0.25, 0.3) is 5.65 Å². The van der Waals surface area contributed by atoms with Crippen molar-refractivity contribution in [2.45, 2.75) is 33.8 Å². The van der Waals surface area contributed by atoms with Crippen LogP contribution in [-0.4, -0.2) is 22.1 Å². The molecular formula is C25H25N3O5. The largest absolute Gasteiger partial charge is 0.487 e. The number of benzene rings is 2. The van der Waals surface area contributed by atoms with Gasteiger partial charge < -0.3 is 19.3 Å². The minimum Gasteiger partial charge on any atom is -0.487 e. The number of nitrogens with one attached hydrogen (secondary N) is 1. The zero-order chi connectivity index (χ0) is 23.4. The number of aryl methyl sites for hydroxylation is 3. The number of carbonyl (C=O) groups excluding carboxylic acids is 1. The van der Waals surface area contributed by atoms with E-state index in [2.05, 4.69) is 10.3 Å². The maximum Gasteiger partial charge on any atom is 0.287 e. The Morgan fingerprint density at radius 3 is 2.70 bits per heavy atom. The van der Waals surface area contributed by atoms with Crippen molar-refractivity contribution in [3.8, 4) is 11.5 Å². The molecule has 0 aliphatic rings. The smallest absolute Gasteiger partial charge is 0.287 e. The Labute approximate surface area is 190 Å². The summed E-state index contributed by atoms with van der Waals surface area (Å²) in [6.45, 7) is 5.69. The average Bonchev–Trinajstić information content (AvgIpc) is 3.19. The van der Waals surface area contributed by atoms with Gasteiger partial charge in [-0.25, -0.2) is 4.98 Å². The zero-order valence-electron chi connectivity index (χ0n) is 18.8. The van der Waals surface area contributed by atoms with Crippen LogP contribution in [0, 0.1) is 13.8 Å². The number of fused-ring (bicyclic) bond motifs is 1. The quantitative estimate of drug-likeness (QED) is 0.438. The Kier molecular flexibility index (Phi) is 6.44. The number of anilines is 1. The second-order valence-electron chi connectivity index (χ2n) is 7.65. The maximum absolute atomic E-state index is 12.4. The van der Waals surface area contributed by atoms with Crippen molar-refractivity contribution in [2.24, 2.45) is 0 Å². The van der Waals surface area contributed by atoms with Gasteiger partial charge in [-0.3, -0.25) is 9.59 Å². The molecule has 0 bridgehead atoms. The van der Waals surface area contributed by atoms with Crippen LogP contribution in [-0.2, 0) is 17.8 Å². The second-order valence-corrected chi connectivity index (χ2v) is 7.65. The zero-order valence-corrected chi connectivity index (χ0v) is 18.8. The van der Waals surface area contributed by atoms with Crippen LogP contribution in [0.2, 0.25) is 0 Å². The number of para-hydroxylation sites is 1. The van der Waals surface area contributed by atoms with Crippen LogP contribution in [0.1, 0.15) is 29.5 Å². The minimum absolute atomic E-state index is 0.0981. The van der Waals surface area contributed by atoms with E-state index >= 15 is 0 Å². The third-order valence-electron chi connectivity index (χ3n) is 5.08. The Balaban J connectivity index is 1.40. The molecule has 4 aromatic rings. The predicted octanol–water partition coefficient (Wildman–Crippen LogP) is 4.06. The van der Waals surface area contributed by atoms with Gasteiger partial charge in [0.1, 0.15) is 23.9 Å². The molecule has 0 radical (unpaired) electrons. The highest BCUT2D eigenvalue weighted by atomic mass is 16.5. The lowest BCUT2D eigenvalue weighted by Crippen LogP contribution is -2.20. The van der Waals surface area contributed by atoms with Crippen molar-refractivity contribution < 1.29 is 18.8 Å². The lowest BCUT2D eigenvalue weighted by atomic mass is 10.1. The van der Waals surface area contributed by atoms with Gasteiger partial charge in [0, 0.05) is 23.9 Å². The maximum atomic E-state index is 12.4. The lowest BCUT2D eigenvalue weighted by molar-refractivity contribution is -0.118. The first-order chi connectivity index (χ1) is 15.9. The number of amides is 1. The van der Waals surface area contributed by atoms with Crippen molar-refractivity contribution >= 4 is 17.2 Å². The predicted molar refractivity (Wildman–Crippen MR) is 124 cm³/mol. The van der Waals surface area contributed by atoms with Crippen molar-refractivity contribution in [1.29, 1.82) is 0 Å². The third-order valence-corrected chi connectivity index (χ3v) is 5.08. The summed E-state index contributed by atoms with van der Waals surface area (Å²) in [5, 5.41) is 2.83. The molecule has 0 unspecified atom stereocenters. The second kappa shape index (κ2) is 9.60. The Morgan fingerprint density at radius 1 is 1.06 bits per heavy atom. The van der Waals surface area contributed by atoms with E-state index in [-0.39, 0.29) is 24.7 Å². The van der Waals surface area contributed by atoms with Crippen LogP contribution in [0.15, 0.2) is 63.9 Å². The summed E-state index contributed by atoms with van der Waals surface area (Å²) in [5.74, 6) is 1.61. The van der Waals surface area contributed by atoms with Gasteiger partial charge in [-0.05, 0) is 43.5 Å². The summed E-state index contributed by atoms with van der Waals surface area (Å²) in [4.78, 5) is 29.0. The molecule has 2 aromatic carbocycles. The molecule has 0 spiro atoms. The number of hydrogen-bond donors (Lipinski definition) is 1. The average molecular weight is 447 g/mol. The first-order valence-corrected chi connectivity index (χ1v) is 10.7. The molecule has 1 amide bonds. The van der Waals surface area contributed by atoms with Crippen molar-refractivity contribution in [3.63, 3.8) is 0 Å². The highest BCUT2D eigenvalue weighted by Crippen LogP contribution is 2.24. The highest BCUT2D eigenvalue weighted by Gasteiger charge is 2.10. The van der Waals surface area contributed by atoms with Gasteiger partial charge >= 0.3 is 0 Å². The first-order valence-electron chi connectivity index (χ1n) is 10.7. The molecule has 8 heteroatoms. The summed E-state index contributed by atoms with van der Waals surface area (Å²) < 4.78 is 18.0. The summed E-state index contributed by atoms with van der Waals surface area (Å²) in [6.07, 6.45) is 0.824. The normalized spacial score (nSPS) is 10.9. The molecule has 8 nitrogen and oxygen atoms in total. The van der Waals surface area contributed by atoms with Crippen LogP contribution in [0.5, 0.6) is 11.5 Å². The summed E-state index contributed by atoms with van der Waals surface area (Å²) in [6, 6.07) is 16.1. The molecule has 0 aliphatic carbocycles. The summed E-state index contributed by atoms with van der Waals surface area (Å²) >= 11 is 0. The standard InChI is InChI=1S/C25H25N3O5/c1-4-18-7-5-6-8-21(18)32-15-24(29)27-19-10-9-16(2)22(12-19)31-14-20-13-25(30)28-23(26-20)11-17(3)33-28/h5-13H,4,14-15H2,1-3H3,(H,27,29). The monoisotopic (exact) mass is 447 g/mol. The minimum atomic E-state index is -0.311. The van der Waals surface area contributed by atoms with Gasteiger partial charge in [0.2, 0.25) is 0 Å². The van der Waals surface area contributed by atoms with E-state index < -0.39 is 0 Å². The van der Waals surface area contributed by atoms with Crippen molar-refractivity contribution in [1.82, 2.24) is 9.56 Å². The van der Waals surface area contributed by atoms with Gasteiger partial charge in [0.15, 0.2) is 12.3 Å². The van der Waals surface area contributed by atoms with Gasteiger partial charge in [-0.2, -0.15) is 0 Å². The molecule has 0 saturated heterocycles. The molecule has 4 rings (SSSR count). The van der Waals surface area contributed by atoms with Crippen LogP contribution in [0.3, 0.4) is 0 Å². The molecule has 0 atom stereocenters. The van der Waals surface area contributed by atoms with Crippen LogP contribution >= 0.6 is 0 Å². The molecule has 2 aromatic heterocycles. The summed E-state index contributed by atoms with van der Waals surface area (Å²) in [7, 11) is 0. The topological polar surface area (TPSA) is 95.1 Å². The van der Waals surface area contributed by atoms with E-state index in [9.17, 15) is 9.59 Å². The third kappa shape index (κ3) is 5.23. The number of nitrogens with zero attached hydrogens (tertiary/aromatic N) is 2. The molecule has 0 saturated carbocycles. The van der Waals surface area contributed by atoms with Gasteiger partial charge in [0.25, 0.3) is 11.5 Å². The number of hydrogen-bond acceptors (Lipinski definition) is 6. The van der Waals surface area contributed by atoms with Crippen molar-refractivity contribution in [2.75, 3.05) is 11.9 Å². The van der Waals surface area contributed by atoms with Crippen molar-refractivity contribution in [3.05, 3.63) is 87.5 Å². The number of ether oxygens (including phenoxy) is 2. The van der Waals surface area contributed by atoms with E-state index in [1.807, 2.05) is 44.2 Å². The van der Waals surface area contributed by atoms with Gasteiger partial charge in [0.05, 0.1) is 5.69 Å². The first kappa shape index (κ1) is 22.1. The van der Waals surface area contributed by atoms with E-state index in [0.29, 0.717) is 34.3 Å². The molecule has 2 heterocycles. The van der Waals surface area contributed by atoms with Crippen LogP contribution in [0.4, 0.5) is 5.69 Å². The Hall–Kier alpha value is -4.07. The number of rotatable bonds is 8. The molecule has 170 valence electrons. The molecule has 33 heavy (non-hydrogen) atoms. The van der Waals surface area contributed by atoms with E-state index in [4.69, 9.17) is 14.0 Å². The fourth-order valence-electron chi connectivity index (χ4n) is 3.41. The highest BCUT2D eigenvalue weighted by molar-refractivity contribution is 5.92. The summed E-state index contributed by atoms with van der Waals surface area (Å²) in [5.41, 5.74) is 3.13. The lowest BCUT2D eigenvalue weighted by Gasteiger charge is -2.13. The van der Waals surface area contributed by atoms with Gasteiger partial charge in [-0.1, -0.05) is 31.2 Å². The number of carbonyl (C=O) groups is 1. The molecule has 0 fully saturated rings. The van der Waals surface area contributed by atoms with E-state index in [1.54, 1.807) is 25.1 Å². The van der Waals surface area contributed by atoms with E-state index in [1.165, 1.54) is 6.07 Å². The van der Waals surface area contributed by atoms with E-state index in [0.717, 1.165) is 22.1 Å². The Morgan fingerprint density at radius 2 is 1.88 bits per heavy atom. The van der Waals surface area contributed by atoms with Gasteiger partial charge in [-0.15, -0.1) is 4.57 Å². The molecular weight excluding hydrogens is 422 g/mol. The Bertz CT molecular complexity index is 1360. The molecule has 0 aliphatic heterocycles. The number of aromatic nitrogens is 2. The molecule has 1 N–H and O–H groups in total. The fourth-order valence-corrected chi connectivity index (χ4v) is 3.41. The fraction of sp³-hybridized carbons (Fsp3) is 0.240.